The number of amides is 1. The van der Waals surface area contributed by atoms with E-state index in [1.54, 1.807) is 6.20 Å². The molecule has 0 unspecified atom stereocenters. The van der Waals surface area contributed by atoms with Gasteiger partial charge in [0.2, 0.25) is 5.13 Å². The zero-order chi connectivity index (χ0) is 23.9. The van der Waals surface area contributed by atoms with Crippen LogP contribution in [0.15, 0.2) is 24.5 Å². The van der Waals surface area contributed by atoms with Gasteiger partial charge in [-0.05, 0) is 38.0 Å². The Morgan fingerprint density at radius 1 is 1.27 bits per heavy atom. The maximum Gasteiger partial charge on any atom is 0.420 e. The van der Waals surface area contributed by atoms with Crippen molar-refractivity contribution in [3.8, 4) is 11.5 Å². The number of hydrogen-bond donors (Lipinski definition) is 2. The van der Waals surface area contributed by atoms with Crippen LogP contribution in [-0.4, -0.2) is 50.2 Å². The van der Waals surface area contributed by atoms with Gasteiger partial charge in [0.25, 0.3) is 0 Å². The van der Waals surface area contributed by atoms with Gasteiger partial charge in [0.15, 0.2) is 5.82 Å². The van der Waals surface area contributed by atoms with E-state index in [1.807, 2.05) is 6.07 Å². The molecule has 0 saturated carbocycles. The lowest BCUT2D eigenvalue weighted by Crippen LogP contribution is -2.28. The molecule has 3 aromatic rings. The average Bonchev–Trinajstić information content (AvgIpc) is 3.39. The number of aromatic nitrogens is 4. The van der Waals surface area contributed by atoms with Gasteiger partial charge < -0.3 is 15.3 Å². The van der Waals surface area contributed by atoms with Crippen LogP contribution >= 0.6 is 11.5 Å². The van der Waals surface area contributed by atoms with E-state index in [4.69, 9.17) is 5.11 Å². The SMILES string of the molecule is CC(C)N1CCc2cc(-c3nsc(Nc4ncc(N(C)C(=O)O)cc4C(F)(F)F)n3)ncc21. The molecule has 1 amide bonds. The zero-order valence-corrected chi connectivity index (χ0v) is 18.7. The quantitative estimate of drug-likeness (QED) is 0.545. The van der Waals surface area contributed by atoms with Crippen molar-refractivity contribution in [1.82, 2.24) is 19.3 Å². The van der Waals surface area contributed by atoms with E-state index in [9.17, 15) is 18.0 Å². The summed E-state index contributed by atoms with van der Waals surface area (Å²) in [4.78, 5) is 26.5. The molecule has 4 heterocycles. The van der Waals surface area contributed by atoms with Crippen molar-refractivity contribution in [3.05, 3.63) is 35.7 Å². The largest absolute Gasteiger partial charge is 0.465 e. The molecular weight excluding hydrogens is 459 g/mol. The van der Waals surface area contributed by atoms with E-state index in [-0.39, 0.29) is 10.8 Å². The predicted molar refractivity (Wildman–Crippen MR) is 118 cm³/mol. The molecule has 2 N–H and O–H groups in total. The minimum absolute atomic E-state index is 0.105. The highest BCUT2D eigenvalue weighted by atomic mass is 32.1. The highest BCUT2D eigenvalue weighted by Crippen LogP contribution is 2.38. The van der Waals surface area contributed by atoms with E-state index >= 15 is 0 Å². The molecule has 0 fully saturated rings. The lowest BCUT2D eigenvalue weighted by atomic mass is 10.2. The van der Waals surface area contributed by atoms with Crippen LogP contribution in [0.1, 0.15) is 25.0 Å². The number of fused-ring (bicyclic) bond motifs is 1. The molecule has 13 heteroatoms. The number of pyridine rings is 2. The summed E-state index contributed by atoms with van der Waals surface area (Å²) in [5, 5.41) is 11.7. The number of carbonyl (C=O) groups is 1. The van der Waals surface area contributed by atoms with Gasteiger partial charge in [0, 0.05) is 31.2 Å². The van der Waals surface area contributed by atoms with Crippen LogP contribution in [0.2, 0.25) is 0 Å². The molecule has 174 valence electrons. The first-order valence-corrected chi connectivity index (χ1v) is 10.7. The van der Waals surface area contributed by atoms with Crippen molar-refractivity contribution in [2.45, 2.75) is 32.5 Å². The van der Waals surface area contributed by atoms with E-state index in [2.05, 4.69) is 43.4 Å². The maximum atomic E-state index is 13.6. The van der Waals surface area contributed by atoms with Crippen LogP contribution in [0.25, 0.3) is 11.5 Å². The Kier molecular flexibility index (Phi) is 5.82. The first-order chi connectivity index (χ1) is 15.5. The Morgan fingerprint density at radius 3 is 2.70 bits per heavy atom. The fourth-order valence-electron chi connectivity index (χ4n) is 3.51. The topological polar surface area (TPSA) is 107 Å². The summed E-state index contributed by atoms with van der Waals surface area (Å²) in [6.45, 7) is 5.12. The monoisotopic (exact) mass is 479 g/mol. The Hall–Kier alpha value is -3.48. The summed E-state index contributed by atoms with van der Waals surface area (Å²) in [5.74, 6) is -0.202. The molecule has 0 bridgehead atoms. The molecule has 0 aromatic carbocycles. The van der Waals surface area contributed by atoms with Gasteiger partial charge in [0.1, 0.15) is 17.1 Å². The number of nitrogens with one attached hydrogen (secondary N) is 1. The highest BCUT2D eigenvalue weighted by molar-refractivity contribution is 7.09. The number of halogens is 3. The molecule has 1 aliphatic rings. The third-order valence-corrected chi connectivity index (χ3v) is 5.88. The number of alkyl halides is 3. The second-order valence-corrected chi connectivity index (χ2v) is 8.46. The number of hydrogen-bond acceptors (Lipinski definition) is 8. The standard InChI is InChI=1S/C20H20F3N7O2S/c1-10(2)30-5-4-11-6-14(24-9-15(11)30)17-27-18(33-28-17)26-16-13(20(21,22)23)7-12(8-25-16)29(3)19(31)32/h6-10H,4-5H2,1-3H3,(H,31,32)(H,25,26,27,28). The van der Waals surface area contributed by atoms with Crippen molar-refractivity contribution in [2.24, 2.45) is 0 Å². The second-order valence-electron chi connectivity index (χ2n) is 7.71. The molecule has 1 aliphatic heterocycles. The number of anilines is 4. The average molecular weight is 479 g/mol. The molecular formula is C20H20F3N7O2S. The third-order valence-electron chi connectivity index (χ3n) is 5.25. The summed E-state index contributed by atoms with van der Waals surface area (Å²) in [7, 11) is 1.13. The van der Waals surface area contributed by atoms with Crippen LogP contribution in [0.3, 0.4) is 0 Å². The van der Waals surface area contributed by atoms with Gasteiger partial charge >= 0.3 is 12.3 Å². The lowest BCUT2D eigenvalue weighted by molar-refractivity contribution is -0.137. The fourth-order valence-corrected chi connectivity index (χ4v) is 4.09. The van der Waals surface area contributed by atoms with Crippen molar-refractivity contribution >= 4 is 39.9 Å². The molecule has 33 heavy (non-hydrogen) atoms. The summed E-state index contributed by atoms with van der Waals surface area (Å²) in [5.41, 5.74) is 1.39. The lowest BCUT2D eigenvalue weighted by Gasteiger charge is -2.23. The number of carboxylic acid groups (broad SMARTS) is 1. The molecule has 0 aliphatic carbocycles. The molecule has 0 radical (unpaired) electrons. The molecule has 0 spiro atoms. The van der Waals surface area contributed by atoms with E-state index in [0.29, 0.717) is 28.5 Å². The minimum atomic E-state index is -4.76. The van der Waals surface area contributed by atoms with Crippen LogP contribution in [0.4, 0.5) is 40.3 Å². The van der Waals surface area contributed by atoms with Gasteiger partial charge in [0.05, 0.1) is 23.8 Å². The maximum absolute atomic E-state index is 13.6. The molecule has 9 nitrogen and oxygen atoms in total. The van der Waals surface area contributed by atoms with Crippen molar-refractivity contribution < 1.29 is 23.1 Å². The van der Waals surface area contributed by atoms with Crippen LogP contribution in [-0.2, 0) is 12.6 Å². The first kappa shape index (κ1) is 22.7. The van der Waals surface area contributed by atoms with Crippen LogP contribution in [0, 0.1) is 0 Å². The van der Waals surface area contributed by atoms with E-state index < -0.39 is 23.7 Å². The molecule has 4 rings (SSSR count). The highest BCUT2D eigenvalue weighted by Gasteiger charge is 2.36. The summed E-state index contributed by atoms with van der Waals surface area (Å²) in [6, 6.07) is 2.97. The van der Waals surface area contributed by atoms with Crippen LogP contribution < -0.4 is 15.1 Å². The summed E-state index contributed by atoms with van der Waals surface area (Å²) >= 11 is 0.878. The van der Waals surface area contributed by atoms with Gasteiger partial charge in [-0.15, -0.1) is 0 Å². The van der Waals surface area contributed by atoms with Gasteiger partial charge in [-0.25, -0.2) is 9.78 Å². The molecule has 0 saturated heterocycles. The van der Waals surface area contributed by atoms with Crippen molar-refractivity contribution in [2.75, 3.05) is 28.7 Å². The van der Waals surface area contributed by atoms with Crippen molar-refractivity contribution in [1.29, 1.82) is 0 Å². The van der Waals surface area contributed by atoms with E-state index in [1.165, 1.54) is 0 Å². The van der Waals surface area contributed by atoms with Gasteiger partial charge in [-0.1, -0.05) is 0 Å². The molecule has 3 aromatic heterocycles. The molecule has 0 atom stereocenters. The number of rotatable bonds is 5. The predicted octanol–water partition coefficient (Wildman–Crippen LogP) is 4.64. The van der Waals surface area contributed by atoms with Crippen molar-refractivity contribution in [3.63, 3.8) is 0 Å². The third kappa shape index (κ3) is 4.53. The second kappa shape index (κ2) is 8.46. The Bertz CT molecular complexity index is 1200. The summed E-state index contributed by atoms with van der Waals surface area (Å²) < 4.78 is 45.0. The zero-order valence-electron chi connectivity index (χ0n) is 17.9. The van der Waals surface area contributed by atoms with Crippen LogP contribution in [0.5, 0.6) is 0 Å². The Labute approximate surface area is 191 Å². The number of nitrogens with zero attached hydrogens (tertiary/aromatic N) is 6. The van der Waals surface area contributed by atoms with Gasteiger partial charge in [-0.2, -0.15) is 22.5 Å². The Morgan fingerprint density at radius 2 is 2.03 bits per heavy atom. The van der Waals surface area contributed by atoms with E-state index in [0.717, 1.165) is 49.0 Å². The fraction of sp³-hybridized carbons (Fsp3) is 0.350. The first-order valence-electron chi connectivity index (χ1n) is 9.95. The smallest absolute Gasteiger partial charge is 0.420 e. The van der Waals surface area contributed by atoms with Gasteiger partial charge in [-0.3, -0.25) is 9.88 Å². The summed E-state index contributed by atoms with van der Waals surface area (Å²) in [6.07, 6.45) is -2.49. The minimum Gasteiger partial charge on any atom is -0.465 e. The normalized spacial score (nSPS) is 13.4. The Balaban J connectivity index is 1.60.